The largest absolute Gasteiger partial charge is 0.326 e. The van der Waals surface area contributed by atoms with E-state index in [1.165, 1.54) is 6.33 Å². The molecule has 9 heteroatoms. The van der Waals surface area contributed by atoms with Crippen molar-refractivity contribution in [2.24, 2.45) is 5.92 Å². The average molecular weight is 430 g/mol. The minimum absolute atomic E-state index is 0.119. The molecule has 1 saturated heterocycles. The number of aromatic nitrogens is 3. The van der Waals surface area contributed by atoms with Crippen LogP contribution in [-0.4, -0.2) is 33.1 Å². The third kappa shape index (κ3) is 4.41. The second-order valence-corrected chi connectivity index (χ2v) is 7.60. The van der Waals surface area contributed by atoms with Crippen molar-refractivity contribution < 1.29 is 9.59 Å². The molecule has 7 nitrogen and oxygen atoms in total. The predicted octanol–water partition coefficient (Wildman–Crippen LogP) is 3.62. The first-order valence-corrected chi connectivity index (χ1v) is 9.73. The molecular weight excluding hydrogens is 413 g/mol. The highest BCUT2D eigenvalue weighted by molar-refractivity contribution is 6.42. The number of anilines is 2. The third-order valence-electron chi connectivity index (χ3n) is 4.74. The number of hydrogen-bond donors (Lipinski definition) is 1. The van der Waals surface area contributed by atoms with E-state index in [9.17, 15) is 9.59 Å². The Morgan fingerprint density at radius 3 is 2.62 bits per heavy atom. The normalized spacial score (nSPS) is 16.3. The van der Waals surface area contributed by atoms with Crippen molar-refractivity contribution in [3.8, 4) is 0 Å². The Bertz CT molecular complexity index is 1040. The fourth-order valence-electron chi connectivity index (χ4n) is 3.22. The topological polar surface area (TPSA) is 80.1 Å². The lowest BCUT2D eigenvalue weighted by molar-refractivity contribution is -0.122. The second-order valence-electron chi connectivity index (χ2n) is 6.78. The molecule has 1 aromatic heterocycles. The van der Waals surface area contributed by atoms with E-state index >= 15 is 0 Å². The predicted molar refractivity (Wildman–Crippen MR) is 111 cm³/mol. The van der Waals surface area contributed by atoms with Crippen LogP contribution in [0.5, 0.6) is 0 Å². The van der Waals surface area contributed by atoms with Gasteiger partial charge in [-0.2, -0.15) is 5.10 Å². The first-order valence-electron chi connectivity index (χ1n) is 8.97. The zero-order valence-electron chi connectivity index (χ0n) is 15.3. The quantitative estimate of drug-likeness (QED) is 0.671. The monoisotopic (exact) mass is 429 g/mol. The first-order chi connectivity index (χ1) is 14.0. The van der Waals surface area contributed by atoms with Gasteiger partial charge in [-0.05, 0) is 35.9 Å². The lowest BCUT2D eigenvalue weighted by Gasteiger charge is -2.17. The van der Waals surface area contributed by atoms with Crippen LogP contribution < -0.4 is 10.2 Å². The Morgan fingerprint density at radius 1 is 1.14 bits per heavy atom. The molecule has 29 heavy (non-hydrogen) atoms. The number of rotatable bonds is 5. The van der Waals surface area contributed by atoms with Gasteiger partial charge in [0.2, 0.25) is 11.8 Å². The Kier molecular flexibility index (Phi) is 5.51. The molecule has 2 amide bonds. The highest BCUT2D eigenvalue weighted by Gasteiger charge is 2.35. The smallest absolute Gasteiger partial charge is 0.229 e. The molecule has 1 aliphatic heterocycles. The summed E-state index contributed by atoms with van der Waals surface area (Å²) in [6, 6.07) is 12.5. The number of benzene rings is 2. The zero-order valence-corrected chi connectivity index (χ0v) is 16.8. The van der Waals surface area contributed by atoms with Crippen molar-refractivity contribution in [1.29, 1.82) is 0 Å². The molecule has 0 unspecified atom stereocenters. The van der Waals surface area contributed by atoms with Gasteiger partial charge in [-0.3, -0.25) is 9.59 Å². The summed E-state index contributed by atoms with van der Waals surface area (Å²) in [6.07, 6.45) is 3.28. The van der Waals surface area contributed by atoms with Gasteiger partial charge in [0.05, 0.1) is 22.5 Å². The Morgan fingerprint density at radius 2 is 1.93 bits per heavy atom. The van der Waals surface area contributed by atoms with E-state index in [2.05, 4.69) is 15.4 Å². The Hall–Kier alpha value is -2.90. The van der Waals surface area contributed by atoms with Crippen LogP contribution in [0.25, 0.3) is 0 Å². The van der Waals surface area contributed by atoms with Crippen molar-refractivity contribution in [2.75, 3.05) is 16.8 Å². The van der Waals surface area contributed by atoms with Gasteiger partial charge in [0.25, 0.3) is 0 Å². The van der Waals surface area contributed by atoms with Gasteiger partial charge in [-0.1, -0.05) is 35.3 Å². The molecule has 4 rings (SSSR count). The summed E-state index contributed by atoms with van der Waals surface area (Å²) >= 11 is 12.0. The van der Waals surface area contributed by atoms with Gasteiger partial charge in [0.1, 0.15) is 12.7 Å². The average Bonchev–Trinajstić information content (AvgIpc) is 3.35. The standard InChI is InChI=1S/C20H17Cl2N5O2/c21-17-6-5-16(8-18(17)22)27-10-14(7-19(27)28)20(29)25-15-3-1-13(2-4-15)9-26-12-23-11-24-26/h1-6,8,11-12,14H,7,9-10H2,(H,25,29)/t14-/m0/s1. The van der Waals surface area contributed by atoms with Crippen molar-refractivity contribution in [3.63, 3.8) is 0 Å². The molecular formula is C20H17Cl2N5O2. The van der Waals surface area contributed by atoms with E-state index < -0.39 is 5.92 Å². The van der Waals surface area contributed by atoms with Crippen molar-refractivity contribution in [1.82, 2.24) is 14.8 Å². The Labute approximate surface area is 177 Å². The summed E-state index contributed by atoms with van der Waals surface area (Å²) in [6.45, 7) is 0.900. The summed E-state index contributed by atoms with van der Waals surface area (Å²) in [7, 11) is 0. The third-order valence-corrected chi connectivity index (χ3v) is 5.48. The van der Waals surface area contributed by atoms with Crippen LogP contribution in [-0.2, 0) is 16.1 Å². The SMILES string of the molecule is O=C(Nc1ccc(Cn2cncn2)cc1)[C@H]1CC(=O)N(c2ccc(Cl)c(Cl)c2)C1. The molecule has 1 N–H and O–H groups in total. The van der Waals surface area contributed by atoms with Crippen molar-refractivity contribution in [3.05, 3.63) is 70.7 Å². The lowest BCUT2D eigenvalue weighted by atomic mass is 10.1. The first kappa shape index (κ1) is 19.4. The van der Waals surface area contributed by atoms with E-state index in [4.69, 9.17) is 23.2 Å². The molecule has 0 bridgehead atoms. The number of carbonyl (C=O) groups excluding carboxylic acids is 2. The number of hydrogen-bond acceptors (Lipinski definition) is 4. The molecule has 0 radical (unpaired) electrons. The minimum atomic E-state index is -0.438. The highest BCUT2D eigenvalue weighted by Crippen LogP contribution is 2.31. The minimum Gasteiger partial charge on any atom is -0.326 e. The molecule has 2 heterocycles. The zero-order chi connectivity index (χ0) is 20.4. The van der Waals surface area contributed by atoms with E-state index in [0.717, 1.165) is 5.56 Å². The molecule has 0 aliphatic carbocycles. The van der Waals surface area contributed by atoms with Crippen LogP contribution in [0.1, 0.15) is 12.0 Å². The van der Waals surface area contributed by atoms with Gasteiger partial charge in [-0.25, -0.2) is 9.67 Å². The molecule has 1 atom stereocenters. The number of halogens is 2. The molecule has 1 fully saturated rings. The molecule has 0 spiro atoms. The van der Waals surface area contributed by atoms with Gasteiger partial charge >= 0.3 is 0 Å². The number of amides is 2. The Balaban J connectivity index is 1.38. The summed E-state index contributed by atoms with van der Waals surface area (Å²) in [5, 5.41) is 7.74. The van der Waals surface area contributed by atoms with Crippen molar-refractivity contribution in [2.45, 2.75) is 13.0 Å². The van der Waals surface area contributed by atoms with Gasteiger partial charge in [0.15, 0.2) is 0 Å². The summed E-state index contributed by atoms with van der Waals surface area (Å²) < 4.78 is 1.72. The van der Waals surface area contributed by atoms with E-state index in [1.54, 1.807) is 34.1 Å². The summed E-state index contributed by atoms with van der Waals surface area (Å²) in [5.74, 6) is -0.747. The molecule has 148 valence electrons. The molecule has 3 aromatic rings. The summed E-state index contributed by atoms with van der Waals surface area (Å²) in [4.78, 5) is 30.5. The van der Waals surface area contributed by atoms with Crippen LogP contribution in [0, 0.1) is 5.92 Å². The maximum atomic E-state index is 12.6. The van der Waals surface area contributed by atoms with Crippen LogP contribution in [0.2, 0.25) is 10.0 Å². The fraction of sp³-hybridized carbons (Fsp3) is 0.200. The maximum absolute atomic E-state index is 12.6. The molecule has 0 saturated carbocycles. The highest BCUT2D eigenvalue weighted by atomic mass is 35.5. The number of nitrogens with zero attached hydrogens (tertiary/aromatic N) is 4. The van der Waals surface area contributed by atoms with Crippen LogP contribution >= 0.6 is 23.2 Å². The number of carbonyl (C=O) groups is 2. The van der Waals surface area contributed by atoms with E-state index in [0.29, 0.717) is 34.5 Å². The van der Waals surface area contributed by atoms with Gasteiger partial charge < -0.3 is 10.2 Å². The maximum Gasteiger partial charge on any atom is 0.229 e. The lowest BCUT2D eigenvalue weighted by Crippen LogP contribution is -2.28. The number of nitrogens with one attached hydrogen (secondary N) is 1. The van der Waals surface area contributed by atoms with Crippen LogP contribution in [0.4, 0.5) is 11.4 Å². The van der Waals surface area contributed by atoms with E-state index in [-0.39, 0.29) is 18.2 Å². The van der Waals surface area contributed by atoms with E-state index in [1.807, 2.05) is 24.3 Å². The van der Waals surface area contributed by atoms with Crippen LogP contribution in [0.15, 0.2) is 55.1 Å². The molecule has 2 aromatic carbocycles. The van der Waals surface area contributed by atoms with Crippen molar-refractivity contribution >= 4 is 46.4 Å². The second kappa shape index (κ2) is 8.23. The summed E-state index contributed by atoms with van der Waals surface area (Å²) in [5.41, 5.74) is 2.35. The van der Waals surface area contributed by atoms with Gasteiger partial charge in [0, 0.05) is 24.3 Å². The van der Waals surface area contributed by atoms with Crippen LogP contribution in [0.3, 0.4) is 0 Å². The fourth-order valence-corrected chi connectivity index (χ4v) is 3.52. The molecule has 1 aliphatic rings. The van der Waals surface area contributed by atoms with Gasteiger partial charge in [-0.15, -0.1) is 0 Å².